The topological polar surface area (TPSA) is 94.7 Å². The van der Waals surface area contributed by atoms with E-state index in [2.05, 4.69) is 12.2 Å². The number of aromatic nitrogens is 1. The lowest BCUT2D eigenvalue weighted by Crippen LogP contribution is -2.39. The number of ether oxygens (including phenoxy) is 2. The van der Waals surface area contributed by atoms with E-state index in [0.29, 0.717) is 22.0 Å². The molecule has 0 spiro atoms. The van der Waals surface area contributed by atoms with Gasteiger partial charge in [-0.2, -0.15) is 4.73 Å². The second kappa shape index (κ2) is 12.4. The molecule has 5 rings (SSSR count). The van der Waals surface area contributed by atoms with Crippen molar-refractivity contribution in [2.45, 2.75) is 37.1 Å². The molecule has 2 heterocycles. The van der Waals surface area contributed by atoms with Crippen LogP contribution in [0.15, 0.2) is 108 Å². The molecule has 1 fully saturated rings. The minimum atomic E-state index is -0.682. The number of benzene rings is 3. The third kappa shape index (κ3) is 6.49. The van der Waals surface area contributed by atoms with Gasteiger partial charge in [0.2, 0.25) is 0 Å². The van der Waals surface area contributed by atoms with Crippen LogP contribution in [0, 0.1) is 11.1 Å². The van der Waals surface area contributed by atoms with Gasteiger partial charge in [-0.05, 0) is 41.5 Å². The van der Waals surface area contributed by atoms with Crippen molar-refractivity contribution in [3.63, 3.8) is 0 Å². The fraction of sp³-hybridized carbons (Fsp3) is 0.226. The molecule has 0 unspecified atom stereocenters. The van der Waals surface area contributed by atoms with Gasteiger partial charge in [0, 0.05) is 40.6 Å². The third-order valence-corrected chi connectivity index (χ3v) is 7.87. The van der Waals surface area contributed by atoms with Gasteiger partial charge in [-0.15, -0.1) is 0 Å². The van der Waals surface area contributed by atoms with E-state index in [1.807, 2.05) is 72.8 Å². The Labute approximate surface area is 232 Å². The molecule has 1 aliphatic rings. The van der Waals surface area contributed by atoms with E-state index in [0.717, 1.165) is 21.4 Å². The number of rotatable bonds is 8. The molecule has 1 aliphatic heterocycles. The summed E-state index contributed by atoms with van der Waals surface area (Å²) in [6.45, 7) is 2.05. The van der Waals surface area contributed by atoms with Crippen molar-refractivity contribution in [2.75, 3.05) is 11.1 Å². The molecule has 3 aromatic carbocycles. The highest BCUT2D eigenvalue weighted by Gasteiger charge is 2.38. The molecule has 200 valence electrons. The quantitative estimate of drug-likeness (QED) is 0.170. The van der Waals surface area contributed by atoms with Crippen LogP contribution in [0.25, 0.3) is 0 Å². The molecule has 8 heteroatoms. The number of hydrogen-bond donors (Lipinski definition) is 2. The maximum absolute atomic E-state index is 12.7. The molecule has 1 saturated heterocycles. The first-order valence-corrected chi connectivity index (χ1v) is 13.8. The Morgan fingerprint density at radius 2 is 1.72 bits per heavy atom. The minimum absolute atomic E-state index is 0.0153. The Morgan fingerprint density at radius 1 is 0.949 bits per heavy atom. The Kier molecular flexibility index (Phi) is 8.58. The molecule has 4 atom stereocenters. The van der Waals surface area contributed by atoms with E-state index in [9.17, 15) is 15.1 Å². The summed E-state index contributed by atoms with van der Waals surface area (Å²) in [5.74, 6) is 0.346. The summed E-state index contributed by atoms with van der Waals surface area (Å²) >= 11 is 1.45. The van der Waals surface area contributed by atoms with Gasteiger partial charge < -0.3 is 25.1 Å². The third-order valence-electron chi connectivity index (χ3n) is 6.76. The highest BCUT2D eigenvalue weighted by atomic mass is 32.2. The van der Waals surface area contributed by atoms with E-state index < -0.39 is 6.29 Å². The molecule has 0 radical (unpaired) electrons. The number of aliphatic hydroxyl groups is 1. The van der Waals surface area contributed by atoms with Crippen molar-refractivity contribution in [1.82, 2.24) is 0 Å². The van der Waals surface area contributed by atoms with Crippen molar-refractivity contribution in [1.29, 1.82) is 0 Å². The number of hydrogen-bond acceptors (Lipinski definition) is 6. The first-order valence-electron chi connectivity index (χ1n) is 12.8. The van der Waals surface area contributed by atoms with E-state index in [1.165, 1.54) is 18.0 Å². The Hall–Kier alpha value is -3.69. The number of aliphatic hydroxyl groups excluding tert-OH is 1. The molecule has 0 bridgehead atoms. The minimum Gasteiger partial charge on any atom is -0.618 e. The SMILES string of the molecule is C[C@@H]1[C@H](CSc2cccc[n+]2[O-])O[C@H](c2cccc(NC(=O)c3ccccc3)c2)O[C@@H]1c1ccc(CO)cc1. The van der Waals surface area contributed by atoms with Crippen LogP contribution in [0.3, 0.4) is 0 Å². The fourth-order valence-corrected chi connectivity index (χ4v) is 5.64. The van der Waals surface area contributed by atoms with E-state index in [4.69, 9.17) is 9.47 Å². The zero-order chi connectivity index (χ0) is 27.2. The van der Waals surface area contributed by atoms with Crippen LogP contribution in [-0.2, 0) is 16.1 Å². The molecule has 4 aromatic rings. The summed E-state index contributed by atoms with van der Waals surface area (Å²) in [6, 6.07) is 29.6. The first-order chi connectivity index (χ1) is 19.0. The lowest BCUT2D eigenvalue weighted by molar-refractivity contribution is -0.645. The number of nitrogens with zero attached hydrogens (tertiary/aromatic N) is 1. The van der Waals surface area contributed by atoms with Crippen molar-refractivity contribution >= 4 is 23.4 Å². The van der Waals surface area contributed by atoms with Crippen molar-refractivity contribution in [2.24, 2.45) is 5.92 Å². The normalized spacial score (nSPS) is 20.9. The highest BCUT2D eigenvalue weighted by Crippen LogP contribution is 2.43. The van der Waals surface area contributed by atoms with Gasteiger partial charge >= 0.3 is 0 Å². The van der Waals surface area contributed by atoms with Crippen LogP contribution >= 0.6 is 11.8 Å². The van der Waals surface area contributed by atoms with E-state index in [-0.39, 0.29) is 30.6 Å². The second-order valence-corrected chi connectivity index (χ2v) is 10.5. The molecule has 1 amide bonds. The summed E-state index contributed by atoms with van der Waals surface area (Å²) in [7, 11) is 0. The predicted octanol–water partition coefficient (Wildman–Crippen LogP) is 5.65. The Morgan fingerprint density at radius 3 is 2.46 bits per heavy atom. The average Bonchev–Trinajstić information content (AvgIpc) is 2.98. The monoisotopic (exact) mass is 542 g/mol. The zero-order valence-electron chi connectivity index (χ0n) is 21.5. The highest BCUT2D eigenvalue weighted by molar-refractivity contribution is 7.99. The van der Waals surface area contributed by atoms with Gasteiger partial charge in [-0.25, -0.2) is 0 Å². The number of pyridine rings is 1. The smallest absolute Gasteiger partial charge is 0.255 e. The number of thioether (sulfide) groups is 1. The maximum atomic E-state index is 12.7. The number of amides is 1. The molecule has 2 N–H and O–H groups in total. The largest absolute Gasteiger partial charge is 0.618 e. The first kappa shape index (κ1) is 26.9. The van der Waals surface area contributed by atoms with Crippen molar-refractivity contribution < 1.29 is 24.1 Å². The maximum Gasteiger partial charge on any atom is 0.255 e. The average molecular weight is 543 g/mol. The lowest BCUT2D eigenvalue weighted by Gasteiger charge is -2.41. The summed E-state index contributed by atoms with van der Waals surface area (Å²) < 4.78 is 13.9. The number of carbonyl (C=O) groups excluding carboxylic acids is 1. The Balaban J connectivity index is 1.39. The number of nitrogens with one attached hydrogen (secondary N) is 1. The standard InChI is InChI=1S/C31H30N2O5S/c1-21-27(20-39-28-12-5-6-17-33(28)36)37-31(38-29(21)23-15-13-22(19-34)14-16-23)25-10-7-11-26(18-25)32-30(35)24-8-3-2-4-9-24/h2-18,21,27,29,31,34H,19-20H2,1H3,(H,32,35)/t21-,27+,29+,31+/m1/s1. The van der Waals surface area contributed by atoms with Gasteiger partial charge in [-0.1, -0.05) is 73.3 Å². The summed E-state index contributed by atoms with van der Waals surface area (Å²) in [5, 5.41) is 25.2. The molecule has 1 aromatic heterocycles. The van der Waals surface area contributed by atoms with Crippen molar-refractivity contribution in [3.8, 4) is 0 Å². The molecule has 7 nitrogen and oxygen atoms in total. The Bertz CT molecular complexity index is 1400. The number of anilines is 1. The van der Waals surface area contributed by atoms with Crippen molar-refractivity contribution in [3.05, 3.63) is 131 Å². The molecular weight excluding hydrogens is 512 g/mol. The second-order valence-electron chi connectivity index (χ2n) is 9.44. The van der Waals surface area contributed by atoms with Crippen LogP contribution < -0.4 is 10.0 Å². The van der Waals surface area contributed by atoms with E-state index >= 15 is 0 Å². The van der Waals surface area contributed by atoms with Crippen LogP contribution in [0.5, 0.6) is 0 Å². The van der Waals surface area contributed by atoms with Crippen LogP contribution in [0.1, 0.15) is 46.4 Å². The van der Waals surface area contributed by atoms with Gasteiger partial charge in [0.25, 0.3) is 10.9 Å². The summed E-state index contributed by atoms with van der Waals surface area (Å²) in [6.07, 6.45) is 0.303. The van der Waals surface area contributed by atoms with Crippen LogP contribution in [0.4, 0.5) is 5.69 Å². The molecular formula is C31H30N2O5S. The van der Waals surface area contributed by atoms with Gasteiger partial charge in [0.1, 0.15) is 0 Å². The van der Waals surface area contributed by atoms with Gasteiger partial charge in [0.05, 0.1) is 18.8 Å². The fourth-order valence-electron chi connectivity index (χ4n) is 4.56. The molecule has 0 saturated carbocycles. The van der Waals surface area contributed by atoms with Crippen LogP contribution in [-0.4, -0.2) is 22.9 Å². The van der Waals surface area contributed by atoms with Crippen LogP contribution in [0.2, 0.25) is 0 Å². The van der Waals surface area contributed by atoms with E-state index in [1.54, 1.807) is 24.3 Å². The summed E-state index contributed by atoms with van der Waals surface area (Å²) in [5.41, 5.74) is 3.79. The van der Waals surface area contributed by atoms with Gasteiger partial charge in [0.15, 0.2) is 12.5 Å². The molecule has 0 aliphatic carbocycles. The molecule has 39 heavy (non-hydrogen) atoms. The zero-order valence-corrected chi connectivity index (χ0v) is 22.3. The number of carbonyl (C=O) groups is 1. The lowest BCUT2D eigenvalue weighted by atomic mass is 9.91. The summed E-state index contributed by atoms with van der Waals surface area (Å²) in [4.78, 5) is 12.7. The predicted molar refractivity (Wildman–Crippen MR) is 150 cm³/mol. The van der Waals surface area contributed by atoms with Gasteiger partial charge in [-0.3, -0.25) is 4.79 Å².